The Morgan fingerprint density at radius 1 is 1.08 bits per heavy atom. The molecular weight excluding hydrogens is 304 g/mol. The van der Waals surface area contributed by atoms with E-state index in [4.69, 9.17) is 0 Å². The number of nitrogens with zero attached hydrogens (tertiary/aromatic N) is 3. The maximum Gasteiger partial charge on any atom is 0.365 e. The van der Waals surface area contributed by atoms with Crippen molar-refractivity contribution in [3.8, 4) is 11.3 Å². The second-order valence-corrected chi connectivity index (χ2v) is 5.31. The van der Waals surface area contributed by atoms with Crippen LogP contribution in [0.5, 0.6) is 0 Å². The molecule has 0 bridgehead atoms. The number of aryl methyl sites for hydroxylation is 1. The van der Waals surface area contributed by atoms with Gasteiger partial charge in [-0.3, -0.25) is 4.79 Å². The van der Waals surface area contributed by atoms with E-state index in [1.54, 1.807) is 6.07 Å². The van der Waals surface area contributed by atoms with Crippen LogP contribution >= 0.6 is 0 Å². The second-order valence-electron chi connectivity index (χ2n) is 5.31. The van der Waals surface area contributed by atoms with Crippen LogP contribution in [0.4, 0.5) is 5.69 Å². The normalized spacial score (nSPS) is 10.4. The molecule has 0 aliphatic carbocycles. The molecular formula is C18H16N4O2. The van der Waals surface area contributed by atoms with Crippen LogP contribution in [-0.2, 0) is 11.3 Å². The number of nitrogens with one attached hydrogen (secondary N) is 1. The van der Waals surface area contributed by atoms with Crippen LogP contribution < -0.4 is 11.0 Å². The molecule has 1 N–H and O–H groups in total. The first kappa shape index (κ1) is 15.6. The Hall–Kier alpha value is -3.28. The topological polar surface area (TPSA) is 76.9 Å². The van der Waals surface area contributed by atoms with Gasteiger partial charge in [0.25, 0.3) is 0 Å². The van der Waals surface area contributed by atoms with E-state index in [9.17, 15) is 9.59 Å². The molecule has 6 heteroatoms. The summed E-state index contributed by atoms with van der Waals surface area (Å²) in [5.41, 5.74) is 2.39. The number of carbonyl (C=O) groups is 1. The van der Waals surface area contributed by atoms with Gasteiger partial charge in [0.2, 0.25) is 5.91 Å². The van der Waals surface area contributed by atoms with Crippen molar-refractivity contribution in [2.45, 2.75) is 13.5 Å². The van der Waals surface area contributed by atoms with Crippen molar-refractivity contribution in [1.29, 1.82) is 0 Å². The van der Waals surface area contributed by atoms with Crippen LogP contribution in [-0.4, -0.2) is 20.7 Å². The highest BCUT2D eigenvalue weighted by Crippen LogP contribution is 2.14. The van der Waals surface area contributed by atoms with Gasteiger partial charge in [-0.2, -0.15) is 10.1 Å². The molecule has 1 aromatic heterocycles. The molecule has 3 aromatic rings. The molecule has 1 amide bonds. The van der Waals surface area contributed by atoms with Gasteiger partial charge in [0.15, 0.2) is 0 Å². The zero-order chi connectivity index (χ0) is 16.9. The third kappa shape index (κ3) is 3.55. The standard InChI is InChI=1S/C18H16N4O2/c1-13-7-5-6-10-15(13)20-17(23)12-22-18(24)21-16(11-19-22)14-8-3-2-4-9-14/h2-11H,12H2,1H3,(H,20,23). The van der Waals surface area contributed by atoms with Crippen LogP contribution in [0.25, 0.3) is 11.3 Å². The van der Waals surface area contributed by atoms with Crippen LogP contribution in [0.15, 0.2) is 65.6 Å². The van der Waals surface area contributed by atoms with Crippen LogP contribution in [0.2, 0.25) is 0 Å². The molecule has 0 unspecified atom stereocenters. The SMILES string of the molecule is Cc1ccccc1NC(=O)Cn1ncc(-c2ccccc2)nc1=O. The zero-order valence-corrected chi connectivity index (χ0v) is 13.1. The minimum absolute atomic E-state index is 0.185. The lowest BCUT2D eigenvalue weighted by Crippen LogP contribution is -2.31. The Balaban J connectivity index is 1.75. The van der Waals surface area contributed by atoms with Gasteiger partial charge < -0.3 is 5.32 Å². The van der Waals surface area contributed by atoms with Crippen molar-refractivity contribution < 1.29 is 4.79 Å². The number of hydrogen-bond acceptors (Lipinski definition) is 4. The molecule has 0 saturated carbocycles. The van der Waals surface area contributed by atoms with Crippen molar-refractivity contribution in [2.24, 2.45) is 0 Å². The molecule has 6 nitrogen and oxygen atoms in total. The van der Waals surface area contributed by atoms with Gasteiger partial charge in [-0.15, -0.1) is 0 Å². The fourth-order valence-electron chi connectivity index (χ4n) is 2.26. The van der Waals surface area contributed by atoms with E-state index in [0.29, 0.717) is 11.4 Å². The fourth-order valence-corrected chi connectivity index (χ4v) is 2.26. The highest BCUT2D eigenvalue weighted by molar-refractivity contribution is 5.91. The molecule has 24 heavy (non-hydrogen) atoms. The number of carbonyl (C=O) groups excluding carboxylic acids is 1. The number of amides is 1. The average molecular weight is 320 g/mol. The number of rotatable bonds is 4. The molecule has 0 aliphatic heterocycles. The average Bonchev–Trinajstić information content (AvgIpc) is 2.59. The largest absolute Gasteiger partial charge is 0.365 e. The van der Waals surface area contributed by atoms with E-state index in [1.165, 1.54) is 6.20 Å². The molecule has 0 atom stereocenters. The number of hydrogen-bond donors (Lipinski definition) is 1. The highest BCUT2D eigenvalue weighted by Gasteiger charge is 2.09. The minimum Gasteiger partial charge on any atom is -0.324 e. The molecule has 0 spiro atoms. The summed E-state index contributed by atoms with van der Waals surface area (Å²) in [5.74, 6) is -0.326. The monoisotopic (exact) mass is 320 g/mol. The van der Waals surface area contributed by atoms with Crippen LogP contribution in [0, 0.1) is 6.92 Å². The smallest absolute Gasteiger partial charge is 0.324 e. The Morgan fingerprint density at radius 3 is 2.50 bits per heavy atom. The molecule has 0 radical (unpaired) electrons. The Kier molecular flexibility index (Phi) is 4.47. The maximum atomic E-state index is 12.1. The first-order valence-electron chi connectivity index (χ1n) is 7.48. The third-order valence-corrected chi connectivity index (χ3v) is 3.54. The lowest BCUT2D eigenvalue weighted by molar-refractivity contribution is -0.117. The summed E-state index contributed by atoms with van der Waals surface area (Å²) in [6.45, 7) is 1.71. The van der Waals surface area contributed by atoms with Crippen molar-refractivity contribution in [3.05, 3.63) is 76.8 Å². The summed E-state index contributed by atoms with van der Waals surface area (Å²) in [4.78, 5) is 28.2. The van der Waals surface area contributed by atoms with E-state index in [2.05, 4.69) is 15.4 Å². The minimum atomic E-state index is -0.559. The quantitative estimate of drug-likeness (QED) is 0.800. The number of aromatic nitrogens is 3. The van der Waals surface area contributed by atoms with Gasteiger partial charge in [-0.25, -0.2) is 9.48 Å². The van der Waals surface area contributed by atoms with E-state index in [-0.39, 0.29) is 12.5 Å². The Morgan fingerprint density at radius 2 is 1.79 bits per heavy atom. The van der Waals surface area contributed by atoms with Crippen molar-refractivity contribution in [3.63, 3.8) is 0 Å². The first-order chi connectivity index (χ1) is 11.6. The summed E-state index contributed by atoms with van der Waals surface area (Å²) in [5, 5.41) is 6.81. The zero-order valence-electron chi connectivity index (χ0n) is 13.1. The molecule has 0 saturated heterocycles. The molecule has 3 rings (SSSR count). The summed E-state index contributed by atoms with van der Waals surface area (Å²) < 4.78 is 1.04. The predicted octanol–water partition coefficient (Wildman–Crippen LogP) is 2.25. The lowest BCUT2D eigenvalue weighted by atomic mass is 10.2. The first-order valence-corrected chi connectivity index (χ1v) is 7.48. The van der Waals surface area contributed by atoms with Crippen molar-refractivity contribution >= 4 is 11.6 Å². The van der Waals surface area contributed by atoms with Crippen LogP contribution in [0.1, 0.15) is 5.56 Å². The Bertz CT molecular complexity index is 920. The molecule has 2 aromatic carbocycles. The second kappa shape index (κ2) is 6.87. The van der Waals surface area contributed by atoms with Gasteiger partial charge in [-0.1, -0.05) is 48.5 Å². The number of para-hydroxylation sites is 1. The van der Waals surface area contributed by atoms with Gasteiger partial charge >= 0.3 is 5.69 Å². The maximum absolute atomic E-state index is 12.1. The van der Waals surface area contributed by atoms with E-state index in [0.717, 1.165) is 15.8 Å². The molecule has 120 valence electrons. The van der Waals surface area contributed by atoms with E-state index >= 15 is 0 Å². The van der Waals surface area contributed by atoms with Crippen molar-refractivity contribution in [1.82, 2.24) is 14.8 Å². The lowest BCUT2D eigenvalue weighted by Gasteiger charge is -2.09. The summed E-state index contributed by atoms with van der Waals surface area (Å²) in [7, 11) is 0. The number of anilines is 1. The third-order valence-electron chi connectivity index (χ3n) is 3.54. The van der Waals surface area contributed by atoms with Crippen molar-refractivity contribution in [2.75, 3.05) is 5.32 Å². The Labute approximate surface area is 138 Å². The van der Waals surface area contributed by atoms with E-state index in [1.807, 2.05) is 55.5 Å². The fraction of sp³-hybridized carbons (Fsp3) is 0.111. The van der Waals surface area contributed by atoms with Gasteiger partial charge in [0.05, 0.1) is 11.9 Å². The summed E-state index contributed by atoms with van der Waals surface area (Å²) in [6.07, 6.45) is 1.48. The predicted molar refractivity (Wildman–Crippen MR) is 91.5 cm³/mol. The van der Waals surface area contributed by atoms with Gasteiger partial charge in [-0.05, 0) is 18.6 Å². The molecule has 1 heterocycles. The molecule has 0 aliphatic rings. The van der Waals surface area contributed by atoms with Gasteiger partial charge in [0, 0.05) is 11.3 Å². The van der Waals surface area contributed by atoms with Crippen LogP contribution in [0.3, 0.4) is 0 Å². The summed E-state index contributed by atoms with van der Waals surface area (Å²) >= 11 is 0. The summed E-state index contributed by atoms with van der Waals surface area (Å²) in [6, 6.07) is 16.7. The van der Waals surface area contributed by atoms with E-state index < -0.39 is 5.69 Å². The number of benzene rings is 2. The van der Waals surface area contributed by atoms with Gasteiger partial charge in [0.1, 0.15) is 6.54 Å². The molecule has 0 fully saturated rings. The highest BCUT2D eigenvalue weighted by atomic mass is 16.2.